The Labute approximate surface area is 93.2 Å². The summed E-state index contributed by atoms with van der Waals surface area (Å²) in [4.78, 5) is 13.9. The maximum Gasteiger partial charge on any atom is 0.317 e. The Bertz CT molecular complexity index is 194. The molecule has 0 aromatic carbocycles. The van der Waals surface area contributed by atoms with Crippen molar-refractivity contribution in [3.8, 4) is 0 Å². The summed E-state index contributed by atoms with van der Waals surface area (Å²) in [7, 11) is 0. The Balaban J connectivity index is 2.34. The first-order valence-electron chi connectivity index (χ1n) is 6.34. The molecule has 1 fully saturated rings. The number of nitrogens with zero attached hydrogens (tertiary/aromatic N) is 1. The average molecular weight is 212 g/mol. The second-order valence-electron chi connectivity index (χ2n) is 4.34. The van der Waals surface area contributed by atoms with Gasteiger partial charge in [-0.05, 0) is 32.1 Å². The summed E-state index contributed by atoms with van der Waals surface area (Å²) in [6, 6.07) is 0.621. The number of hydrogen-bond donors (Lipinski definition) is 1. The molecule has 2 amide bonds. The lowest BCUT2D eigenvalue weighted by molar-refractivity contribution is 0.149. The molecular formula is C12H24N2O. The van der Waals surface area contributed by atoms with Gasteiger partial charge in [0.05, 0.1) is 0 Å². The molecule has 15 heavy (non-hydrogen) atoms. The first-order chi connectivity index (χ1) is 7.29. The SMILES string of the molecule is CCCCNC(=O)N1CCCC[C@@H]1CC. The Morgan fingerprint density at radius 3 is 2.87 bits per heavy atom. The van der Waals surface area contributed by atoms with Crippen LogP contribution in [0.25, 0.3) is 0 Å². The first kappa shape index (κ1) is 12.3. The quantitative estimate of drug-likeness (QED) is 0.714. The smallest absolute Gasteiger partial charge is 0.317 e. The fraction of sp³-hybridized carbons (Fsp3) is 0.917. The van der Waals surface area contributed by atoms with Crippen molar-refractivity contribution < 1.29 is 4.79 Å². The largest absolute Gasteiger partial charge is 0.338 e. The maximum absolute atomic E-state index is 11.9. The van der Waals surface area contributed by atoms with Crippen LogP contribution in [0.4, 0.5) is 4.79 Å². The molecule has 3 nitrogen and oxygen atoms in total. The molecule has 1 atom stereocenters. The average Bonchev–Trinajstić information content (AvgIpc) is 2.29. The Morgan fingerprint density at radius 1 is 1.40 bits per heavy atom. The molecule has 0 spiro atoms. The summed E-state index contributed by atoms with van der Waals surface area (Å²) in [6.45, 7) is 6.07. The minimum atomic E-state index is 0.148. The molecule has 0 aromatic heterocycles. The molecule has 0 saturated carbocycles. The lowest BCUT2D eigenvalue weighted by Crippen LogP contribution is -2.48. The molecule has 1 heterocycles. The van der Waals surface area contributed by atoms with E-state index in [9.17, 15) is 4.79 Å². The third-order valence-electron chi connectivity index (χ3n) is 3.17. The molecule has 0 aliphatic carbocycles. The van der Waals surface area contributed by atoms with E-state index in [1.54, 1.807) is 0 Å². The number of nitrogens with one attached hydrogen (secondary N) is 1. The summed E-state index contributed by atoms with van der Waals surface area (Å²) >= 11 is 0. The normalized spacial score (nSPS) is 21.5. The van der Waals surface area contributed by atoms with Gasteiger partial charge >= 0.3 is 6.03 Å². The number of urea groups is 1. The van der Waals surface area contributed by atoms with Crippen LogP contribution < -0.4 is 5.32 Å². The van der Waals surface area contributed by atoms with Crippen LogP contribution in [-0.4, -0.2) is 30.1 Å². The molecule has 1 rings (SSSR count). The zero-order valence-electron chi connectivity index (χ0n) is 10.1. The molecule has 1 aliphatic rings. The van der Waals surface area contributed by atoms with E-state index < -0.39 is 0 Å². The van der Waals surface area contributed by atoms with Gasteiger partial charge in [-0.2, -0.15) is 0 Å². The van der Waals surface area contributed by atoms with Crippen molar-refractivity contribution in [2.75, 3.05) is 13.1 Å². The fourth-order valence-corrected chi connectivity index (χ4v) is 2.17. The number of unbranched alkanes of at least 4 members (excludes halogenated alkanes) is 1. The van der Waals surface area contributed by atoms with Crippen molar-refractivity contribution in [3.05, 3.63) is 0 Å². The van der Waals surface area contributed by atoms with Crippen LogP contribution >= 0.6 is 0 Å². The molecule has 88 valence electrons. The van der Waals surface area contributed by atoms with Crippen molar-refractivity contribution >= 4 is 6.03 Å². The highest BCUT2D eigenvalue weighted by atomic mass is 16.2. The molecule has 0 bridgehead atoms. The van der Waals surface area contributed by atoms with Crippen LogP contribution in [0.2, 0.25) is 0 Å². The highest BCUT2D eigenvalue weighted by Crippen LogP contribution is 2.19. The van der Waals surface area contributed by atoms with E-state index in [2.05, 4.69) is 19.2 Å². The summed E-state index contributed by atoms with van der Waals surface area (Å²) < 4.78 is 0. The standard InChI is InChI=1S/C12H24N2O/c1-3-5-9-13-12(15)14-10-7-6-8-11(14)4-2/h11H,3-10H2,1-2H3,(H,13,15)/t11-/m0/s1. The van der Waals surface area contributed by atoms with Crippen LogP contribution in [0.3, 0.4) is 0 Å². The van der Waals surface area contributed by atoms with Crippen LogP contribution in [0.5, 0.6) is 0 Å². The zero-order chi connectivity index (χ0) is 11.1. The van der Waals surface area contributed by atoms with Crippen molar-refractivity contribution in [3.63, 3.8) is 0 Å². The second-order valence-corrected chi connectivity index (χ2v) is 4.34. The molecular weight excluding hydrogens is 188 g/mol. The van der Waals surface area contributed by atoms with Gasteiger partial charge in [0.25, 0.3) is 0 Å². The Kier molecular flexibility index (Phi) is 5.51. The van der Waals surface area contributed by atoms with E-state index in [-0.39, 0.29) is 6.03 Å². The van der Waals surface area contributed by atoms with Crippen molar-refractivity contribution in [2.45, 2.75) is 58.4 Å². The Morgan fingerprint density at radius 2 is 2.20 bits per heavy atom. The van der Waals surface area contributed by atoms with Crippen molar-refractivity contribution in [1.82, 2.24) is 10.2 Å². The third-order valence-corrected chi connectivity index (χ3v) is 3.17. The molecule has 1 saturated heterocycles. The van der Waals surface area contributed by atoms with E-state index in [4.69, 9.17) is 0 Å². The minimum absolute atomic E-state index is 0.148. The predicted octanol–water partition coefficient (Wildman–Crippen LogP) is 2.76. The van der Waals surface area contributed by atoms with Gasteiger partial charge in [-0.3, -0.25) is 0 Å². The number of carbonyl (C=O) groups excluding carboxylic acids is 1. The van der Waals surface area contributed by atoms with Crippen LogP contribution in [-0.2, 0) is 0 Å². The summed E-state index contributed by atoms with van der Waals surface area (Å²) in [5, 5.41) is 3.00. The van der Waals surface area contributed by atoms with Crippen LogP contribution in [0.1, 0.15) is 52.4 Å². The third kappa shape index (κ3) is 3.73. The topological polar surface area (TPSA) is 32.3 Å². The second kappa shape index (κ2) is 6.70. The molecule has 0 aromatic rings. The van der Waals surface area contributed by atoms with Gasteiger partial charge in [0.1, 0.15) is 0 Å². The summed E-state index contributed by atoms with van der Waals surface area (Å²) in [6.07, 6.45) is 6.92. The van der Waals surface area contributed by atoms with Gasteiger partial charge in [-0.15, -0.1) is 0 Å². The predicted molar refractivity (Wildman–Crippen MR) is 62.9 cm³/mol. The lowest BCUT2D eigenvalue weighted by atomic mass is 10.0. The number of rotatable bonds is 4. The highest BCUT2D eigenvalue weighted by molar-refractivity contribution is 5.74. The van der Waals surface area contributed by atoms with Gasteiger partial charge in [-0.25, -0.2) is 4.79 Å². The Hall–Kier alpha value is -0.730. The minimum Gasteiger partial charge on any atom is -0.338 e. The number of piperidine rings is 1. The van der Waals surface area contributed by atoms with Gasteiger partial charge in [0, 0.05) is 19.1 Å². The molecule has 0 radical (unpaired) electrons. The zero-order valence-corrected chi connectivity index (χ0v) is 10.1. The van der Waals surface area contributed by atoms with E-state index in [1.165, 1.54) is 12.8 Å². The van der Waals surface area contributed by atoms with Gasteiger partial charge in [0.2, 0.25) is 0 Å². The number of carbonyl (C=O) groups is 1. The summed E-state index contributed by atoms with van der Waals surface area (Å²) in [5.41, 5.74) is 0. The van der Waals surface area contributed by atoms with E-state index >= 15 is 0 Å². The first-order valence-corrected chi connectivity index (χ1v) is 6.34. The lowest BCUT2D eigenvalue weighted by Gasteiger charge is -2.35. The van der Waals surface area contributed by atoms with Crippen molar-refractivity contribution in [2.24, 2.45) is 0 Å². The van der Waals surface area contributed by atoms with Gasteiger partial charge in [-0.1, -0.05) is 20.3 Å². The van der Waals surface area contributed by atoms with Crippen molar-refractivity contribution in [1.29, 1.82) is 0 Å². The fourth-order valence-electron chi connectivity index (χ4n) is 2.17. The molecule has 3 heteroatoms. The number of hydrogen-bond acceptors (Lipinski definition) is 1. The number of likely N-dealkylation sites (tertiary alicyclic amines) is 1. The summed E-state index contributed by atoms with van der Waals surface area (Å²) in [5.74, 6) is 0. The van der Waals surface area contributed by atoms with Gasteiger partial charge < -0.3 is 10.2 Å². The van der Waals surface area contributed by atoms with E-state index in [1.807, 2.05) is 4.90 Å². The van der Waals surface area contributed by atoms with Crippen LogP contribution in [0.15, 0.2) is 0 Å². The molecule has 1 N–H and O–H groups in total. The van der Waals surface area contributed by atoms with Gasteiger partial charge in [0.15, 0.2) is 0 Å². The van der Waals surface area contributed by atoms with E-state index in [0.717, 1.165) is 38.8 Å². The van der Waals surface area contributed by atoms with E-state index in [0.29, 0.717) is 6.04 Å². The maximum atomic E-state index is 11.9. The van der Waals surface area contributed by atoms with Crippen LogP contribution in [0, 0.1) is 0 Å². The molecule has 1 aliphatic heterocycles. The monoisotopic (exact) mass is 212 g/mol. The highest BCUT2D eigenvalue weighted by Gasteiger charge is 2.24. The molecule has 0 unspecified atom stereocenters. The number of amides is 2.